The maximum absolute atomic E-state index is 12.6. The fourth-order valence-corrected chi connectivity index (χ4v) is 1.82. The van der Waals surface area contributed by atoms with Crippen LogP contribution in [0.2, 0.25) is 0 Å². The van der Waals surface area contributed by atoms with Crippen LogP contribution >= 0.6 is 0 Å². The summed E-state index contributed by atoms with van der Waals surface area (Å²) in [6.45, 7) is 1.53. The van der Waals surface area contributed by atoms with Gasteiger partial charge < -0.3 is 9.84 Å². The van der Waals surface area contributed by atoms with Crippen molar-refractivity contribution < 1.29 is 17.7 Å². The minimum atomic E-state index is -4.38. The number of benzene rings is 1. The number of alkyl halides is 3. The average Bonchev–Trinajstić information content (AvgIpc) is 2.75. The Morgan fingerprint density at radius 1 is 1.26 bits per heavy atom. The van der Waals surface area contributed by atoms with E-state index in [0.29, 0.717) is 5.82 Å². The van der Waals surface area contributed by atoms with E-state index in [0.717, 1.165) is 25.2 Å². The van der Waals surface area contributed by atoms with Gasteiger partial charge in [0.1, 0.15) is 0 Å². The summed E-state index contributed by atoms with van der Waals surface area (Å²) in [5.74, 6) is 0.836. The summed E-state index contributed by atoms with van der Waals surface area (Å²) in [5.41, 5.74) is -0.448. The average molecular weight is 269 g/mol. The van der Waals surface area contributed by atoms with E-state index in [1.807, 2.05) is 0 Å². The molecule has 0 aliphatic carbocycles. The van der Waals surface area contributed by atoms with Gasteiger partial charge in [0, 0.05) is 24.6 Å². The number of nitrogens with one attached hydrogen (secondary N) is 1. The van der Waals surface area contributed by atoms with Crippen molar-refractivity contribution in [1.29, 1.82) is 0 Å². The summed E-state index contributed by atoms with van der Waals surface area (Å²) in [7, 11) is 0. The van der Waals surface area contributed by atoms with Crippen molar-refractivity contribution in [3.8, 4) is 11.5 Å². The summed E-state index contributed by atoms with van der Waals surface area (Å²) in [5, 5.41) is 6.87. The molecule has 0 unspecified atom stereocenters. The second kappa shape index (κ2) is 4.34. The summed E-state index contributed by atoms with van der Waals surface area (Å²) in [6.07, 6.45) is -4.38. The van der Waals surface area contributed by atoms with E-state index in [-0.39, 0.29) is 17.4 Å². The minimum absolute atomic E-state index is 0.119. The van der Waals surface area contributed by atoms with Crippen molar-refractivity contribution in [2.45, 2.75) is 12.1 Å². The molecule has 19 heavy (non-hydrogen) atoms. The topological polar surface area (TPSA) is 51.0 Å². The fraction of sp³-hybridized carbons (Fsp3) is 0.333. The van der Waals surface area contributed by atoms with Crippen LogP contribution in [0.5, 0.6) is 0 Å². The van der Waals surface area contributed by atoms with E-state index >= 15 is 0 Å². The van der Waals surface area contributed by atoms with Crippen LogP contribution in [0.25, 0.3) is 11.5 Å². The molecule has 0 saturated carbocycles. The van der Waals surface area contributed by atoms with Gasteiger partial charge in [-0.05, 0) is 18.2 Å². The monoisotopic (exact) mass is 269 g/mol. The third-order valence-corrected chi connectivity index (χ3v) is 3.03. The number of rotatable bonds is 2. The smallest absolute Gasteiger partial charge is 0.334 e. The Labute approximate surface area is 106 Å². The van der Waals surface area contributed by atoms with Gasteiger partial charge in [-0.25, -0.2) is 0 Å². The number of hydrogen-bond donors (Lipinski definition) is 1. The Hall–Kier alpha value is -1.89. The lowest BCUT2D eigenvalue weighted by atomic mass is 10.0. The normalized spacial score (nSPS) is 16.4. The first-order valence-corrected chi connectivity index (χ1v) is 5.76. The first-order valence-electron chi connectivity index (χ1n) is 5.76. The summed E-state index contributed by atoms with van der Waals surface area (Å²) in [6, 6.07) is 4.87. The highest BCUT2D eigenvalue weighted by Gasteiger charge is 2.31. The Morgan fingerprint density at radius 3 is 2.68 bits per heavy atom. The summed E-state index contributed by atoms with van der Waals surface area (Å²) < 4.78 is 42.8. The van der Waals surface area contributed by atoms with Gasteiger partial charge in [0.05, 0.1) is 5.56 Å². The molecule has 7 heteroatoms. The van der Waals surface area contributed by atoms with Crippen LogP contribution in [0.4, 0.5) is 13.2 Å². The van der Waals surface area contributed by atoms with Gasteiger partial charge in [-0.1, -0.05) is 11.2 Å². The SMILES string of the molecule is FC(F)(F)c1cccc(-c2nc(C3CNC3)no2)c1. The highest BCUT2D eigenvalue weighted by Crippen LogP contribution is 2.32. The Kier molecular flexibility index (Phi) is 2.78. The molecule has 1 aromatic carbocycles. The number of hydrogen-bond acceptors (Lipinski definition) is 4. The third kappa shape index (κ3) is 2.33. The molecular weight excluding hydrogens is 259 g/mol. The number of halogens is 3. The molecule has 1 aromatic heterocycles. The Bertz CT molecular complexity index is 590. The summed E-state index contributed by atoms with van der Waals surface area (Å²) in [4.78, 5) is 4.14. The molecular formula is C12H10F3N3O. The molecule has 0 radical (unpaired) electrons. The van der Waals surface area contributed by atoms with E-state index < -0.39 is 11.7 Å². The molecule has 3 rings (SSSR count). The zero-order valence-corrected chi connectivity index (χ0v) is 9.74. The lowest BCUT2D eigenvalue weighted by Crippen LogP contribution is -2.40. The second-order valence-corrected chi connectivity index (χ2v) is 4.39. The molecule has 4 nitrogen and oxygen atoms in total. The van der Waals surface area contributed by atoms with E-state index in [1.165, 1.54) is 12.1 Å². The standard InChI is InChI=1S/C12H10F3N3O/c13-12(14,15)9-3-1-2-7(4-9)11-17-10(18-19-11)8-5-16-6-8/h1-4,8,16H,5-6H2. The lowest BCUT2D eigenvalue weighted by molar-refractivity contribution is -0.137. The molecule has 2 aromatic rings. The molecule has 2 heterocycles. The second-order valence-electron chi connectivity index (χ2n) is 4.39. The molecule has 1 aliphatic rings. The maximum atomic E-state index is 12.6. The molecule has 1 N–H and O–H groups in total. The van der Waals surface area contributed by atoms with E-state index in [9.17, 15) is 13.2 Å². The van der Waals surface area contributed by atoms with Crippen molar-refractivity contribution in [3.63, 3.8) is 0 Å². The van der Waals surface area contributed by atoms with Crippen LogP contribution in [-0.4, -0.2) is 23.2 Å². The van der Waals surface area contributed by atoms with Gasteiger partial charge in [0.2, 0.25) is 0 Å². The zero-order chi connectivity index (χ0) is 13.5. The van der Waals surface area contributed by atoms with Crippen LogP contribution in [-0.2, 0) is 6.18 Å². The van der Waals surface area contributed by atoms with Crippen LogP contribution < -0.4 is 5.32 Å². The highest BCUT2D eigenvalue weighted by atomic mass is 19.4. The molecule has 100 valence electrons. The number of aromatic nitrogens is 2. The largest absolute Gasteiger partial charge is 0.416 e. The van der Waals surface area contributed by atoms with E-state index in [1.54, 1.807) is 0 Å². The lowest BCUT2D eigenvalue weighted by Gasteiger charge is -2.23. The maximum Gasteiger partial charge on any atom is 0.416 e. The van der Waals surface area contributed by atoms with Crippen LogP contribution in [0.1, 0.15) is 17.3 Å². The quantitative estimate of drug-likeness (QED) is 0.909. The molecule has 0 atom stereocenters. The Morgan fingerprint density at radius 2 is 2.05 bits per heavy atom. The van der Waals surface area contributed by atoms with Gasteiger partial charge in [-0.3, -0.25) is 0 Å². The van der Waals surface area contributed by atoms with Gasteiger partial charge in [0.25, 0.3) is 5.89 Å². The molecule has 0 spiro atoms. The highest BCUT2D eigenvalue weighted by molar-refractivity contribution is 5.54. The van der Waals surface area contributed by atoms with Crippen molar-refractivity contribution >= 4 is 0 Å². The predicted molar refractivity (Wildman–Crippen MR) is 60.3 cm³/mol. The third-order valence-electron chi connectivity index (χ3n) is 3.03. The minimum Gasteiger partial charge on any atom is -0.334 e. The molecule has 1 aliphatic heterocycles. The van der Waals surface area contributed by atoms with Gasteiger partial charge in [-0.2, -0.15) is 18.2 Å². The zero-order valence-electron chi connectivity index (χ0n) is 9.74. The van der Waals surface area contributed by atoms with E-state index in [2.05, 4.69) is 15.5 Å². The van der Waals surface area contributed by atoms with Crippen LogP contribution in [0.3, 0.4) is 0 Å². The first-order chi connectivity index (χ1) is 9.04. The van der Waals surface area contributed by atoms with Gasteiger partial charge in [-0.15, -0.1) is 0 Å². The van der Waals surface area contributed by atoms with Crippen molar-refractivity contribution in [2.24, 2.45) is 0 Å². The van der Waals surface area contributed by atoms with Gasteiger partial charge >= 0.3 is 6.18 Å². The Balaban J connectivity index is 1.91. The predicted octanol–water partition coefficient (Wildman–Crippen LogP) is 2.44. The van der Waals surface area contributed by atoms with Crippen molar-refractivity contribution in [2.75, 3.05) is 13.1 Å². The van der Waals surface area contributed by atoms with Gasteiger partial charge in [0.15, 0.2) is 5.82 Å². The fourth-order valence-electron chi connectivity index (χ4n) is 1.82. The molecule has 1 saturated heterocycles. The summed E-state index contributed by atoms with van der Waals surface area (Å²) >= 11 is 0. The van der Waals surface area contributed by atoms with Crippen molar-refractivity contribution in [3.05, 3.63) is 35.7 Å². The molecule has 0 bridgehead atoms. The van der Waals surface area contributed by atoms with Crippen molar-refractivity contribution in [1.82, 2.24) is 15.5 Å². The first kappa shape index (κ1) is 12.2. The molecule has 1 fully saturated rings. The molecule has 0 amide bonds. The number of nitrogens with zero attached hydrogens (tertiary/aromatic N) is 2. The van der Waals surface area contributed by atoms with E-state index in [4.69, 9.17) is 4.52 Å². The van der Waals surface area contributed by atoms with Crippen LogP contribution in [0.15, 0.2) is 28.8 Å². The van der Waals surface area contributed by atoms with Crippen LogP contribution in [0, 0.1) is 0 Å².